The lowest BCUT2D eigenvalue weighted by Gasteiger charge is -2.39. The van der Waals surface area contributed by atoms with E-state index in [9.17, 15) is 9.59 Å². The second-order valence-corrected chi connectivity index (χ2v) is 7.66. The Bertz CT molecular complexity index is 844. The number of amides is 1. The molecule has 27 heavy (non-hydrogen) atoms. The first-order valence-electron chi connectivity index (χ1n) is 8.84. The summed E-state index contributed by atoms with van der Waals surface area (Å²) < 4.78 is 5.05. The number of carbonyl (C=O) groups excluding carboxylic acids is 2. The minimum atomic E-state index is -0.327. The Morgan fingerprint density at radius 1 is 1.37 bits per heavy atom. The molecule has 0 bridgehead atoms. The van der Waals surface area contributed by atoms with Crippen LogP contribution in [0.4, 0.5) is 5.13 Å². The van der Waals surface area contributed by atoms with Crippen molar-refractivity contribution in [3.05, 3.63) is 27.2 Å². The summed E-state index contributed by atoms with van der Waals surface area (Å²) >= 11 is 7.31. The molecule has 2 aromatic heterocycles. The van der Waals surface area contributed by atoms with Crippen LogP contribution in [0.3, 0.4) is 0 Å². The first-order valence-corrected chi connectivity index (χ1v) is 10.0. The van der Waals surface area contributed by atoms with Gasteiger partial charge in [0.1, 0.15) is 4.88 Å². The Balaban J connectivity index is 1.49. The predicted octanol–water partition coefficient (Wildman–Crippen LogP) is 2.43. The molecule has 0 radical (unpaired) electrons. The number of thiazole rings is 1. The number of halogens is 1. The molecule has 3 heterocycles. The minimum Gasteiger partial charge on any atom is -0.462 e. The van der Waals surface area contributed by atoms with Crippen molar-refractivity contribution in [3.8, 4) is 0 Å². The molecular weight excluding hydrogens is 390 g/mol. The second-order valence-electron chi connectivity index (χ2n) is 6.32. The number of aromatic amines is 1. The summed E-state index contributed by atoms with van der Waals surface area (Å²) in [5, 5.41) is 4.03. The predicted molar refractivity (Wildman–Crippen MR) is 104 cm³/mol. The summed E-state index contributed by atoms with van der Waals surface area (Å²) in [7, 11) is 0. The smallest absolute Gasteiger partial charge is 0.350 e. The number of hydrogen-bond donors (Lipinski definition) is 2. The highest BCUT2D eigenvalue weighted by Crippen LogP contribution is 2.31. The van der Waals surface area contributed by atoms with E-state index in [1.807, 2.05) is 13.8 Å². The molecule has 3 rings (SSSR count). The summed E-state index contributed by atoms with van der Waals surface area (Å²) in [4.78, 5) is 38.1. The maximum absolute atomic E-state index is 12.2. The van der Waals surface area contributed by atoms with Crippen LogP contribution in [0.5, 0.6) is 0 Å². The van der Waals surface area contributed by atoms with Gasteiger partial charge in [0.05, 0.1) is 18.0 Å². The largest absolute Gasteiger partial charge is 0.462 e. The number of rotatable bonds is 7. The molecule has 0 spiro atoms. The van der Waals surface area contributed by atoms with E-state index >= 15 is 0 Å². The number of aromatic nitrogens is 3. The van der Waals surface area contributed by atoms with Gasteiger partial charge in [0, 0.05) is 25.6 Å². The average Bonchev–Trinajstić information content (AvgIpc) is 3.16. The summed E-state index contributed by atoms with van der Waals surface area (Å²) in [6.07, 6.45) is 0.692. The zero-order valence-electron chi connectivity index (χ0n) is 15.5. The lowest BCUT2D eigenvalue weighted by atomic mass is 10.0. The maximum Gasteiger partial charge on any atom is 0.350 e. The fraction of sp³-hybridized carbons (Fsp3) is 0.529. The number of hydrogen-bond acceptors (Lipinski definition) is 7. The third kappa shape index (κ3) is 4.24. The number of aryl methyl sites for hydroxylation is 2. The Hall–Kier alpha value is -2.13. The van der Waals surface area contributed by atoms with E-state index < -0.39 is 0 Å². The minimum absolute atomic E-state index is 0.239. The van der Waals surface area contributed by atoms with Gasteiger partial charge in [-0.1, -0.05) is 29.9 Å². The molecule has 1 fully saturated rings. The molecule has 2 aromatic rings. The number of H-pyrrole nitrogens is 1. The number of anilines is 1. The molecule has 0 unspecified atom stereocenters. The SMILES string of the molecule is CCOC(=O)c1sc(N2CC(CNC(=O)c3nc(Cl)c(CC)[nH]3)C2)nc1C. The van der Waals surface area contributed by atoms with Gasteiger partial charge in [-0.15, -0.1) is 0 Å². The standard InChI is InChI=1S/C17H22ClN5O3S/c1-4-11-13(18)22-14(21-11)15(24)19-6-10-7-23(8-10)17-20-9(3)12(27-17)16(25)26-5-2/h10H,4-8H2,1-3H3,(H,19,24)(H,21,22). The van der Waals surface area contributed by atoms with Crippen LogP contribution in [0.2, 0.25) is 5.15 Å². The zero-order chi connectivity index (χ0) is 19.6. The maximum atomic E-state index is 12.2. The lowest BCUT2D eigenvalue weighted by Crippen LogP contribution is -2.51. The van der Waals surface area contributed by atoms with Gasteiger partial charge < -0.3 is 19.9 Å². The number of imidazole rings is 1. The van der Waals surface area contributed by atoms with Gasteiger partial charge in [0.2, 0.25) is 0 Å². The van der Waals surface area contributed by atoms with E-state index in [1.165, 1.54) is 11.3 Å². The fourth-order valence-corrected chi connectivity index (χ4v) is 4.05. The third-order valence-electron chi connectivity index (χ3n) is 4.32. The highest BCUT2D eigenvalue weighted by atomic mass is 35.5. The van der Waals surface area contributed by atoms with Gasteiger partial charge >= 0.3 is 5.97 Å². The molecule has 146 valence electrons. The van der Waals surface area contributed by atoms with E-state index in [1.54, 1.807) is 6.92 Å². The first-order chi connectivity index (χ1) is 12.9. The second kappa shape index (κ2) is 8.26. The average molecular weight is 412 g/mol. The van der Waals surface area contributed by atoms with Crippen LogP contribution in [0.25, 0.3) is 0 Å². The van der Waals surface area contributed by atoms with Gasteiger partial charge in [0.15, 0.2) is 16.1 Å². The van der Waals surface area contributed by atoms with Crippen molar-refractivity contribution < 1.29 is 14.3 Å². The first kappa shape index (κ1) is 19.6. The van der Waals surface area contributed by atoms with Crippen molar-refractivity contribution in [1.29, 1.82) is 0 Å². The van der Waals surface area contributed by atoms with Gasteiger partial charge in [-0.05, 0) is 20.3 Å². The molecule has 0 aliphatic carbocycles. The highest BCUT2D eigenvalue weighted by molar-refractivity contribution is 7.17. The van der Waals surface area contributed by atoms with Crippen LogP contribution < -0.4 is 10.2 Å². The molecule has 0 aromatic carbocycles. The number of ether oxygens (including phenoxy) is 1. The van der Waals surface area contributed by atoms with E-state index in [-0.39, 0.29) is 17.7 Å². The summed E-state index contributed by atoms with van der Waals surface area (Å²) in [6, 6.07) is 0. The van der Waals surface area contributed by atoms with Crippen molar-refractivity contribution in [2.45, 2.75) is 27.2 Å². The van der Waals surface area contributed by atoms with Crippen LogP contribution in [0.15, 0.2) is 0 Å². The topological polar surface area (TPSA) is 100 Å². The molecule has 0 saturated carbocycles. The Morgan fingerprint density at radius 2 is 2.11 bits per heavy atom. The van der Waals surface area contributed by atoms with Crippen molar-refractivity contribution in [3.63, 3.8) is 0 Å². The van der Waals surface area contributed by atoms with E-state index in [2.05, 4.69) is 25.2 Å². The normalized spacial score (nSPS) is 14.1. The van der Waals surface area contributed by atoms with Crippen molar-refractivity contribution in [2.75, 3.05) is 31.1 Å². The number of nitrogens with one attached hydrogen (secondary N) is 2. The van der Waals surface area contributed by atoms with Gasteiger partial charge in [-0.25, -0.2) is 14.8 Å². The van der Waals surface area contributed by atoms with E-state index in [0.717, 1.165) is 23.9 Å². The van der Waals surface area contributed by atoms with E-state index in [4.69, 9.17) is 16.3 Å². The lowest BCUT2D eigenvalue weighted by molar-refractivity contribution is 0.0531. The van der Waals surface area contributed by atoms with Crippen molar-refractivity contribution >= 4 is 39.9 Å². The van der Waals surface area contributed by atoms with Crippen molar-refractivity contribution in [2.24, 2.45) is 5.92 Å². The van der Waals surface area contributed by atoms with Crippen LogP contribution >= 0.6 is 22.9 Å². The molecule has 1 saturated heterocycles. The zero-order valence-corrected chi connectivity index (χ0v) is 17.0. The summed E-state index contributed by atoms with van der Waals surface area (Å²) in [6.45, 7) is 7.97. The molecule has 0 atom stereocenters. The van der Waals surface area contributed by atoms with Gasteiger partial charge in [-0.2, -0.15) is 0 Å². The van der Waals surface area contributed by atoms with E-state index in [0.29, 0.717) is 41.2 Å². The Kier molecular flexibility index (Phi) is 6.01. The summed E-state index contributed by atoms with van der Waals surface area (Å²) in [5.41, 5.74) is 1.44. The number of nitrogens with zero attached hydrogens (tertiary/aromatic N) is 3. The quantitative estimate of drug-likeness (QED) is 0.679. The van der Waals surface area contributed by atoms with Crippen LogP contribution in [0.1, 0.15) is 45.5 Å². The van der Waals surface area contributed by atoms with Gasteiger partial charge in [0.25, 0.3) is 5.91 Å². The number of esters is 1. The van der Waals surface area contributed by atoms with Crippen LogP contribution in [0, 0.1) is 12.8 Å². The fourth-order valence-electron chi connectivity index (χ4n) is 2.81. The van der Waals surface area contributed by atoms with Crippen molar-refractivity contribution in [1.82, 2.24) is 20.3 Å². The highest BCUT2D eigenvalue weighted by Gasteiger charge is 2.31. The van der Waals surface area contributed by atoms with Gasteiger partial charge in [-0.3, -0.25) is 4.79 Å². The molecule has 10 heteroatoms. The Labute approximate surface area is 166 Å². The Morgan fingerprint density at radius 3 is 2.74 bits per heavy atom. The molecule has 1 aliphatic heterocycles. The molecule has 8 nitrogen and oxygen atoms in total. The molecule has 1 aliphatic rings. The van der Waals surface area contributed by atoms with Crippen LogP contribution in [-0.4, -0.2) is 53.1 Å². The summed E-state index contributed by atoms with van der Waals surface area (Å²) in [5.74, 6) is -0.0284. The third-order valence-corrected chi connectivity index (χ3v) is 5.83. The molecule has 1 amide bonds. The molecular formula is C17H22ClN5O3S. The monoisotopic (exact) mass is 411 g/mol. The number of carbonyl (C=O) groups is 2. The molecule has 2 N–H and O–H groups in total. The van der Waals surface area contributed by atoms with Crippen LogP contribution in [-0.2, 0) is 11.2 Å².